The van der Waals surface area contributed by atoms with Crippen LogP contribution in [-0.4, -0.2) is 42.4 Å². The summed E-state index contributed by atoms with van der Waals surface area (Å²) in [5.41, 5.74) is 4.51. The molecule has 0 spiro atoms. The molecule has 0 aliphatic carbocycles. The van der Waals surface area contributed by atoms with Gasteiger partial charge in [-0.2, -0.15) is 0 Å². The van der Waals surface area contributed by atoms with Gasteiger partial charge in [-0.3, -0.25) is 9.59 Å². The molecule has 5 nitrogen and oxygen atoms in total. The lowest BCUT2D eigenvalue weighted by Crippen LogP contribution is -2.49. The minimum Gasteiger partial charge on any atom is -0.368 e. The van der Waals surface area contributed by atoms with E-state index < -0.39 is 29.0 Å². The number of hydrogen-bond acceptors (Lipinski definition) is 3. The highest BCUT2D eigenvalue weighted by atomic mass is 19.1. The average Bonchev–Trinajstić information content (AvgIpc) is 2.45. The Hall–Kier alpha value is -2.02. The van der Waals surface area contributed by atoms with Crippen LogP contribution in [0.4, 0.5) is 8.78 Å². The number of benzene rings is 1. The minimum absolute atomic E-state index is 0.259. The van der Waals surface area contributed by atoms with E-state index in [4.69, 9.17) is 5.73 Å². The molecule has 1 fully saturated rings. The van der Waals surface area contributed by atoms with Gasteiger partial charge in [-0.05, 0) is 38.1 Å². The predicted octanol–water partition coefficient (Wildman–Crippen LogP) is 0.644. The van der Waals surface area contributed by atoms with E-state index in [1.54, 1.807) is 0 Å². The summed E-state index contributed by atoms with van der Waals surface area (Å²) < 4.78 is 27.5. The van der Waals surface area contributed by atoms with Gasteiger partial charge >= 0.3 is 0 Å². The zero-order valence-corrected chi connectivity index (χ0v) is 11.4. The molecular weight excluding hydrogens is 280 g/mol. The molecule has 1 aliphatic heterocycles. The van der Waals surface area contributed by atoms with E-state index in [1.165, 1.54) is 11.0 Å². The van der Waals surface area contributed by atoms with Gasteiger partial charge in [-0.1, -0.05) is 6.07 Å². The lowest BCUT2D eigenvalue weighted by Gasteiger charge is -2.34. The maximum Gasteiger partial charge on any atom is 0.260 e. The van der Waals surface area contributed by atoms with Crippen LogP contribution < -0.4 is 11.1 Å². The van der Waals surface area contributed by atoms with Crippen LogP contribution in [0.1, 0.15) is 23.2 Å². The molecule has 1 saturated heterocycles. The zero-order chi connectivity index (χ0) is 15.4. The lowest BCUT2D eigenvalue weighted by molar-refractivity contribution is -0.119. The summed E-state index contributed by atoms with van der Waals surface area (Å²) in [5, 5.41) is 3.12. The highest BCUT2D eigenvalue weighted by Crippen LogP contribution is 2.19. The number of piperidine rings is 1. The SMILES string of the molecule is NC(=O)CN(C(=O)c1c(F)cccc1F)C1CCNCC1. The largest absolute Gasteiger partial charge is 0.368 e. The molecule has 21 heavy (non-hydrogen) atoms. The van der Waals surface area contributed by atoms with E-state index in [9.17, 15) is 18.4 Å². The molecule has 3 N–H and O–H groups in total. The quantitative estimate of drug-likeness (QED) is 0.856. The molecule has 0 saturated carbocycles. The van der Waals surface area contributed by atoms with Crippen molar-refractivity contribution in [2.75, 3.05) is 19.6 Å². The van der Waals surface area contributed by atoms with Crippen LogP contribution in [-0.2, 0) is 4.79 Å². The summed E-state index contributed by atoms with van der Waals surface area (Å²) >= 11 is 0. The number of amides is 2. The monoisotopic (exact) mass is 297 g/mol. The Morgan fingerprint density at radius 1 is 1.24 bits per heavy atom. The molecule has 0 bridgehead atoms. The zero-order valence-electron chi connectivity index (χ0n) is 11.4. The van der Waals surface area contributed by atoms with Crippen molar-refractivity contribution in [3.63, 3.8) is 0 Å². The number of nitrogens with two attached hydrogens (primary N) is 1. The molecule has 1 aromatic carbocycles. The van der Waals surface area contributed by atoms with Gasteiger partial charge in [0.1, 0.15) is 17.2 Å². The van der Waals surface area contributed by atoms with Gasteiger partial charge in [-0.15, -0.1) is 0 Å². The number of primary amides is 1. The van der Waals surface area contributed by atoms with Crippen LogP contribution in [0.2, 0.25) is 0 Å². The number of carbonyl (C=O) groups is 2. The van der Waals surface area contributed by atoms with Crippen molar-refractivity contribution in [3.8, 4) is 0 Å². The molecule has 0 radical (unpaired) electrons. The fraction of sp³-hybridized carbons (Fsp3) is 0.429. The van der Waals surface area contributed by atoms with Crippen molar-refractivity contribution < 1.29 is 18.4 Å². The molecule has 0 unspecified atom stereocenters. The van der Waals surface area contributed by atoms with E-state index in [0.717, 1.165) is 12.1 Å². The van der Waals surface area contributed by atoms with Crippen LogP contribution >= 0.6 is 0 Å². The second-order valence-electron chi connectivity index (χ2n) is 4.98. The fourth-order valence-electron chi connectivity index (χ4n) is 2.50. The molecule has 0 aromatic heterocycles. The summed E-state index contributed by atoms with van der Waals surface area (Å²) in [4.78, 5) is 24.8. The maximum absolute atomic E-state index is 13.7. The Balaban J connectivity index is 2.31. The third-order valence-electron chi connectivity index (χ3n) is 3.51. The first-order valence-corrected chi connectivity index (χ1v) is 6.74. The van der Waals surface area contributed by atoms with E-state index in [1.807, 2.05) is 0 Å². The molecule has 7 heteroatoms. The fourth-order valence-corrected chi connectivity index (χ4v) is 2.50. The Morgan fingerprint density at radius 3 is 2.33 bits per heavy atom. The Labute approximate surface area is 121 Å². The van der Waals surface area contributed by atoms with Gasteiger partial charge in [-0.25, -0.2) is 8.78 Å². The molecule has 0 atom stereocenters. The van der Waals surface area contributed by atoms with Gasteiger partial charge in [0.15, 0.2) is 0 Å². The number of carbonyl (C=O) groups excluding carboxylic acids is 2. The number of halogens is 2. The highest BCUT2D eigenvalue weighted by molar-refractivity contribution is 5.97. The minimum atomic E-state index is -0.941. The van der Waals surface area contributed by atoms with Crippen molar-refractivity contribution in [2.45, 2.75) is 18.9 Å². The van der Waals surface area contributed by atoms with Crippen LogP contribution in [0, 0.1) is 11.6 Å². The molecule has 1 aromatic rings. The van der Waals surface area contributed by atoms with Gasteiger partial charge in [0.2, 0.25) is 5.91 Å². The molecule has 1 aliphatic rings. The maximum atomic E-state index is 13.7. The summed E-state index contributed by atoms with van der Waals surface area (Å²) in [6.07, 6.45) is 1.21. The summed E-state index contributed by atoms with van der Waals surface area (Å²) in [6.45, 7) is 0.997. The van der Waals surface area contributed by atoms with Gasteiger partial charge in [0.05, 0.1) is 6.54 Å². The number of nitrogens with zero attached hydrogens (tertiary/aromatic N) is 1. The van der Waals surface area contributed by atoms with Crippen LogP contribution in [0.3, 0.4) is 0 Å². The Kier molecular flexibility index (Phi) is 4.85. The summed E-state index contributed by atoms with van der Waals surface area (Å²) in [6, 6.07) is 2.96. The van der Waals surface area contributed by atoms with E-state index in [2.05, 4.69) is 5.32 Å². The van der Waals surface area contributed by atoms with E-state index in [-0.39, 0.29) is 12.6 Å². The van der Waals surface area contributed by atoms with Gasteiger partial charge in [0.25, 0.3) is 5.91 Å². The Morgan fingerprint density at radius 2 is 1.81 bits per heavy atom. The van der Waals surface area contributed by atoms with Crippen molar-refractivity contribution in [1.82, 2.24) is 10.2 Å². The van der Waals surface area contributed by atoms with Crippen molar-refractivity contribution in [1.29, 1.82) is 0 Å². The standard InChI is InChI=1S/C14H17F2N3O2/c15-10-2-1-3-11(16)13(10)14(21)19(8-12(17)20)9-4-6-18-7-5-9/h1-3,9,18H,4-8H2,(H2,17,20). The second kappa shape index (κ2) is 6.62. The lowest BCUT2D eigenvalue weighted by atomic mass is 10.0. The Bertz CT molecular complexity index is 525. The number of rotatable bonds is 4. The first-order chi connectivity index (χ1) is 10.0. The van der Waals surface area contributed by atoms with Crippen molar-refractivity contribution in [3.05, 3.63) is 35.4 Å². The molecular formula is C14H17F2N3O2. The molecule has 1 heterocycles. The van der Waals surface area contributed by atoms with Crippen molar-refractivity contribution >= 4 is 11.8 Å². The second-order valence-corrected chi connectivity index (χ2v) is 4.98. The topological polar surface area (TPSA) is 75.4 Å². The summed E-state index contributed by atoms with van der Waals surface area (Å²) in [7, 11) is 0. The highest BCUT2D eigenvalue weighted by Gasteiger charge is 2.30. The molecule has 114 valence electrons. The van der Waals surface area contributed by atoms with Crippen LogP contribution in [0.15, 0.2) is 18.2 Å². The first kappa shape index (κ1) is 15.4. The smallest absolute Gasteiger partial charge is 0.260 e. The normalized spacial score (nSPS) is 15.7. The predicted molar refractivity (Wildman–Crippen MR) is 72.5 cm³/mol. The van der Waals surface area contributed by atoms with E-state index in [0.29, 0.717) is 25.9 Å². The van der Waals surface area contributed by atoms with Gasteiger partial charge in [0, 0.05) is 6.04 Å². The average molecular weight is 297 g/mol. The van der Waals surface area contributed by atoms with Crippen LogP contribution in [0.25, 0.3) is 0 Å². The number of hydrogen-bond donors (Lipinski definition) is 2. The van der Waals surface area contributed by atoms with Crippen LogP contribution in [0.5, 0.6) is 0 Å². The molecule has 2 amide bonds. The third kappa shape index (κ3) is 3.55. The molecule has 2 rings (SSSR count). The van der Waals surface area contributed by atoms with Crippen molar-refractivity contribution in [2.24, 2.45) is 5.73 Å². The van der Waals surface area contributed by atoms with Gasteiger partial charge < -0.3 is 16.0 Å². The third-order valence-corrected chi connectivity index (χ3v) is 3.51. The van der Waals surface area contributed by atoms with E-state index >= 15 is 0 Å². The number of nitrogens with one attached hydrogen (secondary N) is 1. The first-order valence-electron chi connectivity index (χ1n) is 6.74. The summed E-state index contributed by atoms with van der Waals surface area (Å²) in [5.74, 6) is -3.43.